The lowest BCUT2D eigenvalue weighted by Crippen LogP contribution is -2.45. The highest BCUT2D eigenvalue weighted by Gasteiger charge is 2.64. The highest BCUT2D eigenvalue weighted by atomic mass is 32.2. The number of benzene rings is 1. The Bertz CT molecular complexity index is 1300. The molecule has 34 heavy (non-hydrogen) atoms. The highest BCUT2D eigenvalue weighted by molar-refractivity contribution is 7.98. The normalized spacial score (nSPS) is 18.6. The standard InChI is InChI=1S/C23H23F3N4O2S2/c1-33-15-11-17-18(20(27)31)19(30(14-3-2-4-14)21(17)28-12-15)13-5-7-16(8-6-13)34(32)29-22(9-10-22)23(24,25)26/h5-8,11-12,14,29H,2-4,9-10H2,1H3,(H2,27,31). The molecule has 3 N–H and O–H groups in total. The molecule has 180 valence electrons. The fraction of sp³-hybridized carbons (Fsp3) is 0.391. The second-order valence-corrected chi connectivity index (χ2v) is 10.9. The lowest BCUT2D eigenvalue weighted by Gasteiger charge is -2.29. The number of nitrogens with two attached hydrogens (primary N) is 1. The molecule has 2 saturated carbocycles. The molecule has 2 aliphatic rings. The summed E-state index contributed by atoms with van der Waals surface area (Å²) in [6.45, 7) is 0. The van der Waals surface area contributed by atoms with Gasteiger partial charge in [0.1, 0.15) is 22.2 Å². The summed E-state index contributed by atoms with van der Waals surface area (Å²) in [4.78, 5) is 18.4. The maximum Gasteiger partial charge on any atom is 0.407 e. The largest absolute Gasteiger partial charge is 0.407 e. The maximum atomic E-state index is 13.2. The van der Waals surface area contributed by atoms with Crippen LogP contribution in [0, 0.1) is 0 Å². The number of pyridine rings is 1. The van der Waals surface area contributed by atoms with Gasteiger partial charge in [-0.05, 0) is 62.1 Å². The van der Waals surface area contributed by atoms with Crippen molar-refractivity contribution < 1.29 is 22.2 Å². The minimum Gasteiger partial charge on any atom is -0.366 e. The number of fused-ring (bicyclic) bond motifs is 1. The van der Waals surface area contributed by atoms with E-state index in [0.29, 0.717) is 27.9 Å². The van der Waals surface area contributed by atoms with Crippen LogP contribution in [-0.2, 0) is 11.0 Å². The van der Waals surface area contributed by atoms with E-state index in [0.717, 1.165) is 24.2 Å². The van der Waals surface area contributed by atoms with Crippen LogP contribution in [0.5, 0.6) is 0 Å². The van der Waals surface area contributed by atoms with Crippen LogP contribution in [0.25, 0.3) is 22.3 Å². The minimum atomic E-state index is -4.45. The van der Waals surface area contributed by atoms with Crippen molar-refractivity contribution in [3.8, 4) is 11.3 Å². The zero-order chi connectivity index (χ0) is 24.3. The predicted molar refractivity (Wildman–Crippen MR) is 126 cm³/mol. The molecule has 5 rings (SSSR count). The Hall–Kier alpha value is -2.37. The number of nitrogens with one attached hydrogen (secondary N) is 1. The zero-order valence-corrected chi connectivity index (χ0v) is 19.9. The Kier molecular flexibility index (Phi) is 5.77. The molecule has 3 aromatic rings. The number of carbonyl (C=O) groups excluding carboxylic acids is 1. The van der Waals surface area contributed by atoms with Crippen molar-refractivity contribution >= 4 is 39.7 Å². The lowest BCUT2D eigenvalue weighted by molar-refractivity contribution is -0.160. The summed E-state index contributed by atoms with van der Waals surface area (Å²) < 4.78 is 56.6. The molecule has 0 spiro atoms. The molecular formula is C23H23F3N4O2S2. The summed E-state index contributed by atoms with van der Waals surface area (Å²) in [5.74, 6) is -0.576. The summed E-state index contributed by atoms with van der Waals surface area (Å²) in [7, 11) is -2.02. The van der Waals surface area contributed by atoms with Crippen molar-refractivity contribution in [3.05, 3.63) is 42.1 Å². The number of carbonyl (C=O) groups is 1. The minimum absolute atomic E-state index is 0.0885. The molecule has 6 nitrogen and oxygen atoms in total. The van der Waals surface area contributed by atoms with E-state index in [4.69, 9.17) is 5.73 Å². The summed E-state index contributed by atoms with van der Waals surface area (Å²) in [5.41, 5.74) is 6.10. The van der Waals surface area contributed by atoms with Gasteiger partial charge in [0.2, 0.25) is 0 Å². The van der Waals surface area contributed by atoms with Gasteiger partial charge in [-0.1, -0.05) is 12.1 Å². The summed E-state index contributed by atoms with van der Waals surface area (Å²) in [6, 6.07) is 8.49. The summed E-state index contributed by atoms with van der Waals surface area (Å²) in [6.07, 6.45) is 2.04. The molecule has 11 heteroatoms. The van der Waals surface area contributed by atoms with Gasteiger partial charge in [-0.2, -0.15) is 13.2 Å². The van der Waals surface area contributed by atoms with Gasteiger partial charge in [0.15, 0.2) is 0 Å². The summed E-state index contributed by atoms with van der Waals surface area (Å²) in [5, 5.41) is 0.677. The fourth-order valence-corrected chi connectivity index (χ4v) is 5.92. The summed E-state index contributed by atoms with van der Waals surface area (Å²) >= 11 is 1.51. The lowest BCUT2D eigenvalue weighted by atomic mass is 9.92. The first-order chi connectivity index (χ1) is 16.1. The van der Waals surface area contributed by atoms with E-state index in [1.165, 1.54) is 23.9 Å². The number of aromatic nitrogens is 2. The number of amides is 1. The van der Waals surface area contributed by atoms with Gasteiger partial charge in [-0.15, -0.1) is 11.8 Å². The van der Waals surface area contributed by atoms with Crippen molar-refractivity contribution in [2.24, 2.45) is 5.73 Å². The number of hydrogen-bond donors (Lipinski definition) is 2. The SMILES string of the molecule is CSc1cnc2c(c1)c(C(N)=O)c(-c1ccc(S(=O)NC3(C(F)(F)F)CC3)cc1)n2C1CCC1. The van der Waals surface area contributed by atoms with E-state index in [1.807, 2.05) is 12.3 Å². The second-order valence-electron chi connectivity index (χ2n) is 8.76. The number of thioether (sulfide) groups is 1. The van der Waals surface area contributed by atoms with Gasteiger partial charge in [-0.25, -0.2) is 13.9 Å². The van der Waals surface area contributed by atoms with Crippen LogP contribution in [0.3, 0.4) is 0 Å². The third kappa shape index (κ3) is 3.83. The average Bonchev–Trinajstić information content (AvgIpc) is 3.48. The first kappa shape index (κ1) is 23.4. The van der Waals surface area contributed by atoms with Gasteiger partial charge in [0, 0.05) is 22.5 Å². The molecule has 0 aliphatic heterocycles. The molecule has 2 heterocycles. The van der Waals surface area contributed by atoms with Crippen LogP contribution >= 0.6 is 11.8 Å². The Balaban J connectivity index is 1.57. The van der Waals surface area contributed by atoms with Gasteiger partial charge in [-0.3, -0.25) is 4.79 Å². The van der Waals surface area contributed by atoms with Crippen molar-refractivity contribution in [2.75, 3.05) is 6.26 Å². The van der Waals surface area contributed by atoms with Crippen LogP contribution < -0.4 is 10.5 Å². The number of rotatable bonds is 7. The Labute approximate surface area is 201 Å². The molecule has 0 bridgehead atoms. The average molecular weight is 509 g/mol. The van der Waals surface area contributed by atoms with Crippen molar-refractivity contribution in [2.45, 2.75) is 59.7 Å². The highest BCUT2D eigenvalue weighted by Crippen LogP contribution is 2.49. The Morgan fingerprint density at radius 2 is 1.94 bits per heavy atom. The van der Waals surface area contributed by atoms with E-state index in [-0.39, 0.29) is 23.8 Å². The molecule has 2 aliphatic carbocycles. The van der Waals surface area contributed by atoms with Crippen LogP contribution in [-0.4, -0.2) is 37.6 Å². The van der Waals surface area contributed by atoms with Crippen LogP contribution in [0.4, 0.5) is 13.2 Å². The van der Waals surface area contributed by atoms with E-state index >= 15 is 0 Å². The Morgan fingerprint density at radius 1 is 1.26 bits per heavy atom. The fourth-order valence-electron chi connectivity index (χ4n) is 4.35. The molecule has 0 radical (unpaired) electrons. The number of nitrogens with zero attached hydrogens (tertiary/aromatic N) is 2. The molecule has 1 aromatic carbocycles. The Morgan fingerprint density at radius 3 is 2.44 bits per heavy atom. The van der Waals surface area contributed by atoms with Crippen LogP contribution in [0.1, 0.15) is 48.5 Å². The zero-order valence-electron chi connectivity index (χ0n) is 18.3. The number of hydrogen-bond acceptors (Lipinski definition) is 4. The van der Waals surface area contributed by atoms with Gasteiger partial charge in [0.05, 0.1) is 16.2 Å². The predicted octanol–water partition coefficient (Wildman–Crippen LogP) is 4.96. The molecular weight excluding hydrogens is 485 g/mol. The van der Waals surface area contributed by atoms with Gasteiger partial charge >= 0.3 is 6.18 Å². The van der Waals surface area contributed by atoms with Crippen LogP contribution in [0.2, 0.25) is 0 Å². The molecule has 1 atom stereocenters. The topological polar surface area (TPSA) is 90.0 Å². The molecule has 1 unspecified atom stereocenters. The van der Waals surface area contributed by atoms with E-state index in [9.17, 15) is 22.2 Å². The first-order valence-electron chi connectivity index (χ1n) is 10.9. The molecule has 2 aromatic heterocycles. The van der Waals surface area contributed by atoms with Gasteiger partial charge in [0.25, 0.3) is 5.91 Å². The van der Waals surface area contributed by atoms with Crippen molar-refractivity contribution in [1.82, 2.24) is 14.3 Å². The quantitative estimate of drug-likeness (QED) is 0.442. The number of alkyl halides is 3. The van der Waals surface area contributed by atoms with Crippen LogP contribution in [0.15, 0.2) is 46.3 Å². The third-order valence-corrected chi connectivity index (χ3v) is 8.63. The maximum absolute atomic E-state index is 13.2. The van der Waals surface area contributed by atoms with Crippen molar-refractivity contribution in [1.29, 1.82) is 0 Å². The van der Waals surface area contributed by atoms with E-state index in [2.05, 4.69) is 14.3 Å². The van der Waals surface area contributed by atoms with Crippen molar-refractivity contribution in [3.63, 3.8) is 0 Å². The van der Waals surface area contributed by atoms with Gasteiger partial charge < -0.3 is 10.3 Å². The molecule has 0 saturated heterocycles. The number of primary amides is 1. The number of halogens is 3. The van der Waals surface area contributed by atoms with E-state index < -0.39 is 28.6 Å². The monoisotopic (exact) mass is 508 g/mol. The molecule has 2 fully saturated rings. The molecule has 1 amide bonds. The second kappa shape index (κ2) is 8.39. The van der Waals surface area contributed by atoms with E-state index in [1.54, 1.807) is 18.3 Å². The first-order valence-corrected chi connectivity index (χ1v) is 13.3. The third-order valence-electron chi connectivity index (χ3n) is 6.66. The smallest absolute Gasteiger partial charge is 0.366 e.